The van der Waals surface area contributed by atoms with Crippen molar-refractivity contribution in [3.8, 4) is 0 Å². The average Bonchev–Trinajstić information content (AvgIpc) is 3.29. The highest BCUT2D eigenvalue weighted by Gasteiger charge is 2.27. The van der Waals surface area contributed by atoms with Gasteiger partial charge in [-0.15, -0.1) is 0 Å². The number of carbonyl (C=O) groups is 2. The molecule has 396 valence electrons. The maximum Gasteiger partial charge on any atom is 0.472 e. The Hall–Kier alpha value is -1.51. The van der Waals surface area contributed by atoms with Crippen LogP contribution in [0.15, 0.2) is 24.3 Å². The molecule has 0 saturated heterocycles. The normalized spacial score (nSPS) is 13.5. The average molecular weight is 969 g/mol. The second-order valence-corrected chi connectivity index (χ2v) is 22.1. The van der Waals surface area contributed by atoms with Gasteiger partial charge in [0.1, 0.15) is 19.8 Å². The second kappa shape index (κ2) is 49.5. The van der Waals surface area contributed by atoms with Crippen molar-refractivity contribution in [2.24, 2.45) is 0 Å². The Kier molecular flexibility index (Phi) is 48.4. The summed E-state index contributed by atoms with van der Waals surface area (Å²) in [5.41, 5.74) is 0. The molecule has 0 amide bonds. The van der Waals surface area contributed by atoms with E-state index >= 15 is 0 Å². The highest BCUT2D eigenvalue weighted by atomic mass is 31.2. The van der Waals surface area contributed by atoms with E-state index in [4.69, 9.17) is 18.5 Å². The van der Waals surface area contributed by atoms with Gasteiger partial charge in [0.05, 0.1) is 27.7 Å². The Bertz CT molecular complexity index is 1190. The number of unbranched alkanes of at least 4 members (excludes halogenated alkanes) is 35. The summed E-state index contributed by atoms with van der Waals surface area (Å²) in [6.45, 7) is 4.44. The molecule has 0 rings (SSSR count). The molecule has 0 fully saturated rings. The first-order valence-corrected chi connectivity index (χ1v) is 30.1. The molecule has 9 nitrogen and oxygen atoms in total. The first kappa shape index (κ1) is 65.5. The Morgan fingerprint density at radius 3 is 1.18 bits per heavy atom. The summed E-state index contributed by atoms with van der Waals surface area (Å²) in [6.07, 6.45) is 58.4. The first-order valence-electron chi connectivity index (χ1n) is 28.6. The Morgan fingerprint density at radius 2 is 0.806 bits per heavy atom. The summed E-state index contributed by atoms with van der Waals surface area (Å²) in [5.74, 6) is -0.785. The molecule has 0 spiro atoms. The zero-order valence-electron chi connectivity index (χ0n) is 44.9. The molecule has 2 atom stereocenters. The van der Waals surface area contributed by atoms with Gasteiger partial charge in [-0.1, -0.05) is 244 Å². The number of nitrogens with zero attached hydrogens (tertiary/aromatic N) is 1. The number of phosphoric ester groups is 1. The lowest BCUT2D eigenvalue weighted by Gasteiger charge is -2.24. The minimum Gasteiger partial charge on any atom is -0.462 e. The van der Waals surface area contributed by atoms with E-state index in [1.54, 1.807) is 0 Å². The van der Waals surface area contributed by atoms with Crippen LogP contribution in [0.4, 0.5) is 0 Å². The number of allylic oxidation sites excluding steroid dienone is 4. The third-order valence-corrected chi connectivity index (χ3v) is 13.7. The van der Waals surface area contributed by atoms with Crippen LogP contribution in [-0.4, -0.2) is 74.9 Å². The number of likely N-dealkylation sites (N-methyl/N-ethyl adjacent to an activating group) is 1. The van der Waals surface area contributed by atoms with Gasteiger partial charge in [-0.3, -0.25) is 18.6 Å². The number of quaternary nitrogens is 1. The van der Waals surface area contributed by atoms with Gasteiger partial charge < -0.3 is 18.9 Å². The van der Waals surface area contributed by atoms with Crippen LogP contribution in [0.25, 0.3) is 0 Å². The number of ether oxygens (including phenoxy) is 2. The van der Waals surface area contributed by atoms with Crippen LogP contribution in [0.5, 0.6) is 0 Å². The lowest BCUT2D eigenvalue weighted by atomic mass is 10.0. The van der Waals surface area contributed by atoms with Crippen LogP contribution >= 0.6 is 7.82 Å². The molecule has 0 aliphatic rings. The molecule has 0 radical (unpaired) electrons. The monoisotopic (exact) mass is 969 g/mol. The van der Waals surface area contributed by atoms with Gasteiger partial charge in [0.15, 0.2) is 6.10 Å². The number of hydrogen-bond acceptors (Lipinski definition) is 7. The maximum absolute atomic E-state index is 12.8. The number of phosphoric acid groups is 1. The van der Waals surface area contributed by atoms with Gasteiger partial charge in [0, 0.05) is 12.8 Å². The predicted molar refractivity (Wildman–Crippen MR) is 284 cm³/mol. The molecule has 0 heterocycles. The van der Waals surface area contributed by atoms with E-state index < -0.39 is 26.5 Å². The minimum atomic E-state index is -4.37. The van der Waals surface area contributed by atoms with Gasteiger partial charge in [-0.05, 0) is 44.9 Å². The Balaban J connectivity index is 3.93. The summed E-state index contributed by atoms with van der Waals surface area (Å²) in [5, 5.41) is 0. The molecule has 0 aromatic rings. The van der Waals surface area contributed by atoms with Crippen molar-refractivity contribution in [3.63, 3.8) is 0 Å². The summed E-state index contributed by atoms with van der Waals surface area (Å²) < 4.78 is 34.4. The highest BCUT2D eigenvalue weighted by Crippen LogP contribution is 2.43. The van der Waals surface area contributed by atoms with Crippen molar-refractivity contribution in [3.05, 3.63) is 24.3 Å². The van der Waals surface area contributed by atoms with Gasteiger partial charge in [-0.25, -0.2) is 4.57 Å². The van der Waals surface area contributed by atoms with Gasteiger partial charge >= 0.3 is 19.8 Å². The van der Waals surface area contributed by atoms with E-state index in [1.165, 1.54) is 205 Å². The number of carbonyl (C=O) groups excluding carboxylic acids is 2. The lowest BCUT2D eigenvalue weighted by Crippen LogP contribution is -2.37. The van der Waals surface area contributed by atoms with Crippen LogP contribution in [0.3, 0.4) is 0 Å². The Labute approximate surface area is 415 Å². The molecule has 10 heteroatoms. The quantitative estimate of drug-likeness (QED) is 0.0211. The van der Waals surface area contributed by atoms with Gasteiger partial charge in [0.2, 0.25) is 0 Å². The molecule has 67 heavy (non-hydrogen) atoms. The van der Waals surface area contributed by atoms with E-state index in [0.717, 1.165) is 38.5 Å². The third kappa shape index (κ3) is 53.7. The van der Waals surface area contributed by atoms with Crippen molar-refractivity contribution >= 4 is 19.8 Å². The fourth-order valence-corrected chi connectivity index (χ4v) is 9.02. The molecule has 2 unspecified atom stereocenters. The van der Waals surface area contributed by atoms with Crippen molar-refractivity contribution in [2.75, 3.05) is 47.5 Å². The van der Waals surface area contributed by atoms with Crippen molar-refractivity contribution < 1.29 is 42.1 Å². The van der Waals surface area contributed by atoms with Crippen molar-refractivity contribution in [1.29, 1.82) is 0 Å². The zero-order valence-corrected chi connectivity index (χ0v) is 45.8. The first-order chi connectivity index (χ1) is 32.5. The van der Waals surface area contributed by atoms with Crippen LogP contribution < -0.4 is 0 Å². The van der Waals surface area contributed by atoms with Crippen LogP contribution in [0, 0.1) is 0 Å². The topological polar surface area (TPSA) is 108 Å². The summed E-state index contributed by atoms with van der Waals surface area (Å²) in [4.78, 5) is 35.5. The molecular weight excluding hydrogens is 858 g/mol. The molecular formula is C57H111NO8P+. The summed E-state index contributed by atoms with van der Waals surface area (Å²) in [6, 6.07) is 0. The predicted octanol–water partition coefficient (Wildman–Crippen LogP) is 17.4. The van der Waals surface area contributed by atoms with E-state index in [2.05, 4.69) is 38.2 Å². The van der Waals surface area contributed by atoms with Crippen molar-refractivity contribution in [2.45, 2.75) is 283 Å². The number of esters is 2. The number of hydrogen-bond donors (Lipinski definition) is 1. The molecule has 0 aromatic carbocycles. The fraction of sp³-hybridized carbons (Fsp3) is 0.895. The molecule has 0 bridgehead atoms. The van der Waals surface area contributed by atoms with Crippen LogP contribution in [0.1, 0.15) is 277 Å². The fourth-order valence-electron chi connectivity index (χ4n) is 8.28. The largest absolute Gasteiger partial charge is 0.472 e. The number of rotatable bonds is 53. The van der Waals surface area contributed by atoms with E-state index in [9.17, 15) is 19.0 Å². The minimum absolute atomic E-state index is 0.0353. The van der Waals surface area contributed by atoms with Crippen LogP contribution in [0.2, 0.25) is 0 Å². The van der Waals surface area contributed by atoms with Crippen LogP contribution in [-0.2, 0) is 32.7 Å². The summed E-state index contributed by atoms with van der Waals surface area (Å²) in [7, 11) is 1.49. The zero-order chi connectivity index (χ0) is 49.2. The van der Waals surface area contributed by atoms with Gasteiger partial charge in [-0.2, -0.15) is 0 Å². The highest BCUT2D eigenvalue weighted by molar-refractivity contribution is 7.47. The standard InChI is InChI=1S/C57H110NO8P/c1-6-8-10-12-14-16-18-19-20-21-22-23-24-25-26-27-28-29-30-31-32-33-34-35-36-37-38-39-40-42-44-46-48-50-57(60)66-55(54-65-67(61,62)64-52-51-58(3,4)5)53-63-56(59)49-47-45-43-41-17-15-13-11-9-7-2/h18-19,21-22,55H,6-17,20,23-54H2,1-5H3/p+1/b19-18-,22-21-. The summed E-state index contributed by atoms with van der Waals surface area (Å²) >= 11 is 0. The SMILES string of the molecule is CCCCCCC/C=C\C/C=C\CCCCCCCCCCCCCCCCCCCCCCCC(=O)OC(COC(=O)CCCCCCCCCCCC)COP(=O)(O)OCC[N+](C)(C)C. The van der Waals surface area contributed by atoms with Crippen molar-refractivity contribution in [1.82, 2.24) is 0 Å². The lowest BCUT2D eigenvalue weighted by molar-refractivity contribution is -0.870. The molecule has 0 aliphatic carbocycles. The van der Waals surface area contributed by atoms with E-state index in [0.29, 0.717) is 23.9 Å². The second-order valence-electron chi connectivity index (χ2n) is 20.7. The van der Waals surface area contributed by atoms with Gasteiger partial charge in [0.25, 0.3) is 0 Å². The Morgan fingerprint density at radius 1 is 0.463 bits per heavy atom. The smallest absolute Gasteiger partial charge is 0.462 e. The van der Waals surface area contributed by atoms with E-state index in [1.807, 2.05) is 21.1 Å². The third-order valence-electron chi connectivity index (χ3n) is 12.7. The molecule has 0 saturated carbocycles. The molecule has 0 aromatic heterocycles. The maximum atomic E-state index is 12.8. The van der Waals surface area contributed by atoms with E-state index in [-0.39, 0.29) is 25.6 Å². The molecule has 1 N–H and O–H groups in total. The molecule has 0 aliphatic heterocycles.